The van der Waals surface area contributed by atoms with Crippen LogP contribution < -0.4 is 5.32 Å². The quantitative estimate of drug-likeness (QED) is 0.619. The molecule has 2 aromatic heterocycles. The van der Waals surface area contributed by atoms with Crippen LogP contribution in [-0.2, 0) is 4.79 Å². The second-order valence-electron chi connectivity index (χ2n) is 7.43. The minimum Gasteiger partial charge on any atom is -0.459 e. The van der Waals surface area contributed by atoms with Crippen molar-refractivity contribution in [3.05, 3.63) is 54.3 Å². The second-order valence-corrected chi connectivity index (χ2v) is 8.41. The SMILES string of the molecule is CSCCC(NC(=O)c1ccco1)C(=O)N1CCCC(c2nc3ccccc3o2)C1. The fourth-order valence-electron chi connectivity index (χ4n) is 3.79. The van der Waals surface area contributed by atoms with Crippen molar-refractivity contribution in [2.45, 2.75) is 31.2 Å². The maximum absolute atomic E-state index is 13.3. The van der Waals surface area contributed by atoms with Gasteiger partial charge in [0.1, 0.15) is 11.6 Å². The molecule has 1 aliphatic heterocycles. The zero-order chi connectivity index (χ0) is 20.9. The van der Waals surface area contributed by atoms with Gasteiger partial charge in [-0.05, 0) is 55.5 Å². The molecule has 1 aromatic carbocycles. The Labute approximate surface area is 179 Å². The Morgan fingerprint density at radius 2 is 2.17 bits per heavy atom. The van der Waals surface area contributed by atoms with Crippen molar-refractivity contribution in [1.29, 1.82) is 0 Å². The summed E-state index contributed by atoms with van der Waals surface area (Å²) in [5.41, 5.74) is 1.60. The lowest BCUT2D eigenvalue weighted by molar-refractivity contribution is -0.134. The van der Waals surface area contributed by atoms with Gasteiger partial charge in [0, 0.05) is 13.1 Å². The molecule has 0 radical (unpaired) electrons. The molecule has 2 unspecified atom stereocenters. The van der Waals surface area contributed by atoms with E-state index in [1.165, 1.54) is 6.26 Å². The number of fused-ring (bicyclic) bond motifs is 1. The summed E-state index contributed by atoms with van der Waals surface area (Å²) in [7, 11) is 0. The zero-order valence-corrected chi connectivity index (χ0v) is 17.7. The summed E-state index contributed by atoms with van der Waals surface area (Å²) in [6.45, 7) is 1.21. The van der Waals surface area contributed by atoms with Crippen molar-refractivity contribution >= 4 is 34.7 Å². The summed E-state index contributed by atoms with van der Waals surface area (Å²) in [5, 5.41) is 2.85. The van der Waals surface area contributed by atoms with Gasteiger partial charge in [-0.2, -0.15) is 11.8 Å². The van der Waals surface area contributed by atoms with E-state index < -0.39 is 6.04 Å². The largest absolute Gasteiger partial charge is 0.459 e. The number of piperidine rings is 1. The standard InChI is InChI=1S/C22H25N3O4S/c1-30-13-10-17(23-20(26)19-9-5-12-28-19)22(27)25-11-4-6-15(14-25)21-24-16-7-2-3-8-18(16)29-21/h2-3,5,7-9,12,15,17H,4,6,10-11,13-14H2,1H3,(H,23,26). The van der Waals surface area contributed by atoms with E-state index in [9.17, 15) is 9.59 Å². The van der Waals surface area contributed by atoms with Gasteiger partial charge in [0.15, 0.2) is 17.2 Å². The number of amides is 2. The first kappa shape index (κ1) is 20.5. The van der Waals surface area contributed by atoms with Crippen LogP contribution in [-0.4, -0.2) is 52.8 Å². The fourth-order valence-corrected chi connectivity index (χ4v) is 4.27. The van der Waals surface area contributed by atoms with Crippen LogP contribution in [0.3, 0.4) is 0 Å². The van der Waals surface area contributed by atoms with Crippen LogP contribution in [0.15, 0.2) is 51.5 Å². The van der Waals surface area contributed by atoms with Gasteiger partial charge in [0.2, 0.25) is 5.91 Å². The number of nitrogens with zero attached hydrogens (tertiary/aromatic N) is 2. The smallest absolute Gasteiger partial charge is 0.287 e. The third-order valence-corrected chi connectivity index (χ3v) is 6.00. The average Bonchev–Trinajstić information content (AvgIpc) is 3.46. The van der Waals surface area contributed by atoms with Crippen molar-refractivity contribution in [3.63, 3.8) is 0 Å². The Balaban J connectivity index is 1.46. The molecule has 1 N–H and O–H groups in total. The Morgan fingerprint density at radius 3 is 2.93 bits per heavy atom. The predicted octanol–water partition coefficient (Wildman–Crippen LogP) is 3.68. The lowest BCUT2D eigenvalue weighted by Gasteiger charge is -2.34. The number of carbonyl (C=O) groups is 2. The number of furan rings is 1. The molecule has 158 valence electrons. The minimum atomic E-state index is -0.586. The Bertz CT molecular complexity index is 968. The number of hydrogen-bond donors (Lipinski definition) is 1. The molecule has 0 bridgehead atoms. The normalized spacial score (nSPS) is 17.8. The molecule has 0 saturated carbocycles. The number of thioether (sulfide) groups is 1. The number of aromatic nitrogens is 1. The van der Waals surface area contributed by atoms with E-state index in [1.54, 1.807) is 23.9 Å². The van der Waals surface area contributed by atoms with E-state index in [0.717, 1.165) is 29.7 Å². The number of oxazole rings is 1. The van der Waals surface area contributed by atoms with E-state index in [2.05, 4.69) is 10.3 Å². The molecular weight excluding hydrogens is 402 g/mol. The van der Waals surface area contributed by atoms with Gasteiger partial charge < -0.3 is 19.1 Å². The van der Waals surface area contributed by atoms with Gasteiger partial charge in [-0.25, -0.2) is 4.98 Å². The predicted molar refractivity (Wildman–Crippen MR) is 116 cm³/mol. The van der Waals surface area contributed by atoms with E-state index in [0.29, 0.717) is 25.4 Å². The first-order valence-corrected chi connectivity index (χ1v) is 11.5. The molecule has 0 spiro atoms. The number of para-hydroxylation sites is 2. The second kappa shape index (κ2) is 9.38. The highest BCUT2D eigenvalue weighted by atomic mass is 32.2. The molecule has 30 heavy (non-hydrogen) atoms. The van der Waals surface area contributed by atoms with Crippen LogP contribution in [0.2, 0.25) is 0 Å². The maximum atomic E-state index is 13.3. The molecule has 1 saturated heterocycles. The van der Waals surface area contributed by atoms with Gasteiger partial charge >= 0.3 is 0 Å². The lowest BCUT2D eigenvalue weighted by Crippen LogP contribution is -2.51. The topological polar surface area (TPSA) is 88.6 Å². The number of nitrogens with one attached hydrogen (secondary N) is 1. The Morgan fingerprint density at radius 1 is 1.30 bits per heavy atom. The molecule has 2 amide bonds. The van der Waals surface area contributed by atoms with Crippen molar-refractivity contribution in [3.8, 4) is 0 Å². The highest BCUT2D eigenvalue weighted by Crippen LogP contribution is 2.29. The van der Waals surface area contributed by atoms with Gasteiger partial charge in [-0.15, -0.1) is 0 Å². The molecule has 8 heteroatoms. The van der Waals surface area contributed by atoms with Crippen LogP contribution in [0.5, 0.6) is 0 Å². The highest BCUT2D eigenvalue weighted by Gasteiger charge is 2.32. The summed E-state index contributed by atoms with van der Waals surface area (Å²) < 4.78 is 11.1. The van der Waals surface area contributed by atoms with Gasteiger partial charge in [-0.1, -0.05) is 12.1 Å². The lowest BCUT2D eigenvalue weighted by atomic mass is 9.97. The molecule has 3 heterocycles. The van der Waals surface area contributed by atoms with Gasteiger partial charge in [0.05, 0.1) is 12.2 Å². The molecule has 4 rings (SSSR count). The van der Waals surface area contributed by atoms with E-state index >= 15 is 0 Å². The molecule has 1 aliphatic rings. The monoisotopic (exact) mass is 427 g/mol. The third-order valence-electron chi connectivity index (χ3n) is 5.35. The summed E-state index contributed by atoms with van der Waals surface area (Å²) >= 11 is 1.65. The summed E-state index contributed by atoms with van der Waals surface area (Å²) in [6.07, 6.45) is 5.79. The fraction of sp³-hybridized carbons (Fsp3) is 0.409. The van der Waals surface area contributed by atoms with Crippen LogP contribution in [0.4, 0.5) is 0 Å². The maximum Gasteiger partial charge on any atom is 0.287 e. The Hall–Kier alpha value is -2.74. The van der Waals surface area contributed by atoms with E-state index in [1.807, 2.05) is 35.4 Å². The number of benzene rings is 1. The molecule has 0 aliphatic carbocycles. The van der Waals surface area contributed by atoms with Crippen molar-refractivity contribution in [2.24, 2.45) is 0 Å². The molecule has 7 nitrogen and oxygen atoms in total. The summed E-state index contributed by atoms with van der Waals surface area (Å²) in [5.74, 6) is 1.28. The number of rotatable bonds is 7. The van der Waals surface area contributed by atoms with Crippen LogP contribution in [0.1, 0.15) is 41.6 Å². The zero-order valence-electron chi connectivity index (χ0n) is 16.9. The first-order valence-electron chi connectivity index (χ1n) is 10.1. The molecule has 1 fully saturated rings. The van der Waals surface area contributed by atoms with Crippen molar-refractivity contribution in [2.75, 3.05) is 25.1 Å². The number of hydrogen-bond acceptors (Lipinski definition) is 6. The average molecular weight is 428 g/mol. The highest BCUT2D eigenvalue weighted by molar-refractivity contribution is 7.98. The third kappa shape index (κ3) is 4.53. The number of carbonyl (C=O) groups excluding carboxylic acids is 2. The van der Waals surface area contributed by atoms with Crippen LogP contribution in [0, 0.1) is 0 Å². The van der Waals surface area contributed by atoms with Gasteiger partial charge in [-0.3, -0.25) is 9.59 Å². The van der Waals surface area contributed by atoms with Crippen molar-refractivity contribution < 1.29 is 18.4 Å². The van der Waals surface area contributed by atoms with Crippen LogP contribution in [0.25, 0.3) is 11.1 Å². The Kier molecular flexibility index (Phi) is 6.42. The number of likely N-dealkylation sites (tertiary alicyclic amines) is 1. The van der Waals surface area contributed by atoms with Crippen molar-refractivity contribution in [1.82, 2.24) is 15.2 Å². The molecule has 3 aromatic rings. The molecular formula is C22H25N3O4S. The van der Waals surface area contributed by atoms with E-state index in [4.69, 9.17) is 8.83 Å². The summed E-state index contributed by atoms with van der Waals surface area (Å²) in [6, 6.07) is 10.3. The summed E-state index contributed by atoms with van der Waals surface area (Å²) in [4.78, 5) is 32.2. The van der Waals surface area contributed by atoms with E-state index in [-0.39, 0.29) is 23.5 Å². The molecule has 2 atom stereocenters. The van der Waals surface area contributed by atoms with Gasteiger partial charge in [0.25, 0.3) is 5.91 Å². The minimum absolute atomic E-state index is 0.0528. The first-order chi connectivity index (χ1) is 14.7. The van der Waals surface area contributed by atoms with Crippen LogP contribution >= 0.6 is 11.8 Å².